The van der Waals surface area contributed by atoms with Crippen LogP contribution in [0.5, 0.6) is 0 Å². The Bertz CT molecular complexity index is 562. The molecular formula is C64H136S4Sn. The van der Waals surface area contributed by atoms with Crippen LogP contribution in [0.4, 0.5) is 0 Å². The topological polar surface area (TPSA) is 0 Å². The summed E-state index contributed by atoms with van der Waals surface area (Å²) in [7, 11) is 0. The second-order valence-electron chi connectivity index (χ2n) is 21.3. The summed E-state index contributed by atoms with van der Waals surface area (Å²) in [5, 5.41) is 0. The minimum atomic E-state index is 0. The molecule has 0 N–H and O–H groups in total. The number of unbranched alkanes of at least 4 members (excludes halogenated alkanes) is 52. The van der Waals surface area contributed by atoms with E-state index in [4.69, 9.17) is 0 Å². The summed E-state index contributed by atoms with van der Waals surface area (Å²) in [6, 6.07) is 0. The summed E-state index contributed by atoms with van der Waals surface area (Å²) in [6.07, 6.45) is 80.5. The summed E-state index contributed by atoms with van der Waals surface area (Å²) in [6.45, 7) is 9.15. The molecular weight excluding hydrogens is 1020 g/mol. The molecule has 0 bridgehead atoms. The molecule has 0 amide bonds. The van der Waals surface area contributed by atoms with E-state index in [0.29, 0.717) is 0 Å². The van der Waals surface area contributed by atoms with Crippen molar-refractivity contribution in [2.75, 3.05) is 23.0 Å². The molecule has 0 fully saturated rings. The average Bonchev–Trinajstić information content (AvgIpc) is 3.35. The Kier molecular flexibility index (Phi) is 101. The minimum Gasteiger partial charge on any atom is -0.179 e. The second kappa shape index (κ2) is 86.9. The maximum absolute atomic E-state index is 4.23. The molecule has 0 aromatic carbocycles. The number of rotatable bonds is 56. The first-order valence-corrected chi connectivity index (χ1v) is 34.6. The first-order chi connectivity index (χ1) is 33.7. The van der Waals surface area contributed by atoms with Crippen molar-refractivity contribution in [3.8, 4) is 0 Å². The van der Waals surface area contributed by atoms with E-state index in [1.807, 2.05) is 0 Å². The molecule has 420 valence electrons. The van der Waals surface area contributed by atoms with Gasteiger partial charge in [-0.25, -0.2) is 0 Å². The maximum atomic E-state index is 4.23. The predicted molar refractivity (Wildman–Crippen MR) is 342 cm³/mol. The molecule has 0 aromatic heterocycles. The fourth-order valence-corrected chi connectivity index (χ4v) is 10.1. The van der Waals surface area contributed by atoms with E-state index >= 15 is 0 Å². The molecule has 0 atom stereocenters. The Morgan fingerprint density at radius 3 is 0.275 bits per heavy atom. The van der Waals surface area contributed by atoms with Crippen LogP contribution in [0.3, 0.4) is 0 Å². The standard InChI is InChI=1S/4C16H34S.Sn/c4*1-2-3-4-5-6-7-8-9-10-11-12-13-14-15-16-17;/h4*17H,2-16H2,1H3;. The minimum absolute atomic E-state index is 0. The van der Waals surface area contributed by atoms with E-state index < -0.39 is 0 Å². The largest absolute Gasteiger partial charge is 0.179 e. The first-order valence-electron chi connectivity index (χ1n) is 32.1. The van der Waals surface area contributed by atoms with Crippen molar-refractivity contribution in [2.45, 2.75) is 387 Å². The zero-order valence-electron chi connectivity index (χ0n) is 48.7. The molecule has 4 radical (unpaired) electrons. The van der Waals surface area contributed by atoms with Gasteiger partial charge in [-0.1, -0.05) is 362 Å². The maximum Gasteiger partial charge on any atom is 0 e. The van der Waals surface area contributed by atoms with E-state index in [1.165, 1.54) is 360 Å². The van der Waals surface area contributed by atoms with E-state index in [9.17, 15) is 0 Å². The molecule has 0 unspecified atom stereocenters. The average molecular weight is 1150 g/mol. The number of thiol groups is 4. The molecule has 0 saturated heterocycles. The van der Waals surface area contributed by atoms with Crippen LogP contribution in [0.2, 0.25) is 0 Å². The van der Waals surface area contributed by atoms with Crippen molar-refractivity contribution >= 4 is 74.4 Å². The van der Waals surface area contributed by atoms with Gasteiger partial charge in [0.05, 0.1) is 0 Å². The van der Waals surface area contributed by atoms with Gasteiger partial charge in [0.2, 0.25) is 0 Å². The molecule has 69 heavy (non-hydrogen) atoms. The second-order valence-corrected chi connectivity index (χ2v) is 23.1. The third-order valence-corrected chi connectivity index (χ3v) is 15.3. The van der Waals surface area contributed by atoms with Gasteiger partial charge in [0.25, 0.3) is 0 Å². The Hall–Kier alpha value is 2.20. The SMILES string of the molecule is CCCCCCCCCCCCCCCCS.CCCCCCCCCCCCCCCCS.CCCCCCCCCCCCCCCCS.CCCCCCCCCCCCCCCCS.[Sn]. The van der Waals surface area contributed by atoms with Crippen LogP contribution in [0.1, 0.15) is 387 Å². The van der Waals surface area contributed by atoms with Crippen molar-refractivity contribution < 1.29 is 0 Å². The Labute approximate surface area is 480 Å². The van der Waals surface area contributed by atoms with Crippen LogP contribution in [0.25, 0.3) is 0 Å². The molecule has 0 heterocycles. The van der Waals surface area contributed by atoms with Gasteiger partial charge < -0.3 is 0 Å². The molecule has 0 aliphatic heterocycles. The van der Waals surface area contributed by atoms with Crippen LogP contribution in [0, 0.1) is 0 Å². The fourth-order valence-electron chi connectivity index (χ4n) is 9.23. The van der Waals surface area contributed by atoms with Gasteiger partial charge in [0, 0.05) is 23.9 Å². The smallest absolute Gasteiger partial charge is 0 e. The molecule has 0 nitrogen and oxygen atoms in total. The van der Waals surface area contributed by atoms with Gasteiger partial charge in [-0.2, -0.15) is 50.5 Å². The van der Waals surface area contributed by atoms with Gasteiger partial charge >= 0.3 is 0 Å². The normalized spacial score (nSPS) is 10.8. The Balaban J connectivity index is -0.000000263. The third kappa shape index (κ3) is 96.4. The summed E-state index contributed by atoms with van der Waals surface area (Å²) >= 11 is 16.9. The third-order valence-electron chi connectivity index (χ3n) is 14.0. The molecule has 0 spiro atoms. The monoisotopic (exact) mass is 1150 g/mol. The summed E-state index contributed by atoms with van der Waals surface area (Å²) in [4.78, 5) is 0. The fraction of sp³-hybridized carbons (Fsp3) is 1.00. The van der Waals surface area contributed by atoms with Crippen LogP contribution < -0.4 is 0 Å². The van der Waals surface area contributed by atoms with Gasteiger partial charge in [0.15, 0.2) is 0 Å². The van der Waals surface area contributed by atoms with Gasteiger partial charge in [0.1, 0.15) is 0 Å². The Morgan fingerprint density at radius 1 is 0.130 bits per heavy atom. The van der Waals surface area contributed by atoms with Crippen LogP contribution in [-0.2, 0) is 0 Å². The molecule has 0 aliphatic carbocycles. The quantitative estimate of drug-likeness (QED) is 0.0260. The van der Waals surface area contributed by atoms with Crippen LogP contribution >= 0.6 is 50.5 Å². The number of hydrogen-bond donors (Lipinski definition) is 4. The van der Waals surface area contributed by atoms with Crippen LogP contribution in [0.15, 0.2) is 0 Å². The van der Waals surface area contributed by atoms with Crippen molar-refractivity contribution in [1.82, 2.24) is 0 Å². The molecule has 0 aliphatic rings. The summed E-state index contributed by atoms with van der Waals surface area (Å²) in [5.74, 6) is 4.27. The predicted octanol–water partition coefficient (Wildman–Crippen LogP) is 25.2. The zero-order valence-corrected chi connectivity index (χ0v) is 55.1. The van der Waals surface area contributed by atoms with Gasteiger partial charge in [-0.15, -0.1) is 0 Å². The summed E-state index contributed by atoms with van der Waals surface area (Å²) < 4.78 is 0. The van der Waals surface area contributed by atoms with Crippen molar-refractivity contribution in [3.05, 3.63) is 0 Å². The van der Waals surface area contributed by atoms with Crippen molar-refractivity contribution in [1.29, 1.82) is 0 Å². The van der Waals surface area contributed by atoms with E-state index in [2.05, 4.69) is 78.2 Å². The Morgan fingerprint density at radius 2 is 0.203 bits per heavy atom. The number of hydrogen-bond acceptors (Lipinski definition) is 4. The molecule has 0 saturated carbocycles. The van der Waals surface area contributed by atoms with Crippen molar-refractivity contribution in [2.24, 2.45) is 0 Å². The van der Waals surface area contributed by atoms with E-state index in [0.717, 1.165) is 23.0 Å². The van der Waals surface area contributed by atoms with Gasteiger partial charge in [-0.05, 0) is 48.7 Å². The molecule has 0 aromatic rings. The van der Waals surface area contributed by atoms with Crippen LogP contribution in [-0.4, -0.2) is 46.9 Å². The van der Waals surface area contributed by atoms with E-state index in [1.54, 1.807) is 0 Å². The first kappa shape index (κ1) is 80.1. The summed E-state index contributed by atoms with van der Waals surface area (Å²) in [5.41, 5.74) is 0. The van der Waals surface area contributed by atoms with Crippen molar-refractivity contribution in [3.63, 3.8) is 0 Å². The molecule has 5 heteroatoms. The van der Waals surface area contributed by atoms with E-state index in [-0.39, 0.29) is 23.9 Å². The van der Waals surface area contributed by atoms with Gasteiger partial charge in [-0.3, -0.25) is 0 Å². The molecule has 0 rings (SSSR count). The zero-order chi connectivity index (χ0) is 50.4.